The Hall–Kier alpha value is -2.17. The highest BCUT2D eigenvalue weighted by Gasteiger charge is 2.34. The van der Waals surface area contributed by atoms with Gasteiger partial charge in [-0.1, -0.05) is 35.4 Å². The summed E-state index contributed by atoms with van der Waals surface area (Å²) in [5, 5.41) is 0.0318. The summed E-state index contributed by atoms with van der Waals surface area (Å²) in [4.78, 5) is 18.0. The van der Waals surface area contributed by atoms with Crippen molar-refractivity contribution >= 4 is 27.5 Å². The number of ether oxygens (including phenoxy) is 2. The first-order valence-corrected chi connectivity index (χ1v) is 13.3. The van der Waals surface area contributed by atoms with E-state index in [2.05, 4.69) is 5.48 Å². The van der Waals surface area contributed by atoms with Crippen LogP contribution in [0.5, 0.6) is 5.75 Å². The maximum Gasteiger partial charge on any atom is 0.277 e. The molecule has 1 N–H and O–H groups in total. The summed E-state index contributed by atoms with van der Waals surface area (Å²) in [6.45, 7) is 3.11. The molecule has 0 spiro atoms. The molecule has 4 rings (SSSR count). The fourth-order valence-corrected chi connectivity index (χ4v) is 6.05. The van der Waals surface area contributed by atoms with Crippen LogP contribution < -0.4 is 10.2 Å². The summed E-state index contributed by atoms with van der Waals surface area (Å²) in [5.74, 6) is 0.0404. The van der Waals surface area contributed by atoms with E-state index in [4.69, 9.17) is 25.9 Å². The molecule has 184 valence electrons. The molecule has 0 aromatic heterocycles. The number of benzene rings is 2. The molecule has 2 heterocycles. The second-order valence-electron chi connectivity index (χ2n) is 8.49. The van der Waals surface area contributed by atoms with Crippen LogP contribution in [0.4, 0.5) is 0 Å². The number of hydrogen-bond donors (Lipinski definition) is 1. The van der Waals surface area contributed by atoms with Crippen LogP contribution in [0.3, 0.4) is 0 Å². The van der Waals surface area contributed by atoms with Crippen LogP contribution in [-0.2, 0) is 19.6 Å². The number of carbonyl (C=O) groups excluding carboxylic acids is 1. The van der Waals surface area contributed by atoms with Crippen LogP contribution in [0.15, 0.2) is 47.4 Å². The van der Waals surface area contributed by atoms with Crippen molar-refractivity contribution in [2.45, 2.75) is 56.3 Å². The molecule has 8 nitrogen and oxygen atoms in total. The highest BCUT2D eigenvalue weighted by atomic mass is 35.5. The van der Waals surface area contributed by atoms with Crippen LogP contribution >= 0.6 is 11.6 Å². The van der Waals surface area contributed by atoms with E-state index >= 15 is 0 Å². The lowest BCUT2D eigenvalue weighted by molar-refractivity contribution is -0.186. The van der Waals surface area contributed by atoms with E-state index < -0.39 is 22.2 Å². The number of rotatable bonds is 7. The number of halogens is 1. The van der Waals surface area contributed by atoms with Crippen molar-refractivity contribution in [3.8, 4) is 5.75 Å². The molecule has 10 heteroatoms. The SMILES string of the molecule is Cc1ccc(OC2CCN(S(=O)(=O)c3cccc(Cl)c3C(=O)NOC3CCCCO3)CC2)cc1. The number of sulfonamides is 1. The van der Waals surface area contributed by atoms with Crippen molar-refractivity contribution < 1.29 is 27.5 Å². The summed E-state index contributed by atoms with van der Waals surface area (Å²) in [6.07, 6.45) is 2.94. The number of piperidine rings is 1. The lowest BCUT2D eigenvalue weighted by Crippen LogP contribution is -2.42. The molecule has 2 saturated heterocycles. The first-order chi connectivity index (χ1) is 16.3. The topological polar surface area (TPSA) is 94.2 Å². The van der Waals surface area contributed by atoms with E-state index in [-0.39, 0.29) is 34.7 Å². The van der Waals surface area contributed by atoms with Gasteiger partial charge in [0.05, 0.1) is 15.5 Å². The maximum atomic E-state index is 13.5. The van der Waals surface area contributed by atoms with E-state index in [0.717, 1.165) is 24.2 Å². The van der Waals surface area contributed by atoms with E-state index in [9.17, 15) is 13.2 Å². The molecule has 1 unspecified atom stereocenters. The van der Waals surface area contributed by atoms with Crippen molar-refractivity contribution in [3.63, 3.8) is 0 Å². The zero-order chi connectivity index (χ0) is 24.1. The molecular weight excluding hydrogens is 480 g/mol. The van der Waals surface area contributed by atoms with Gasteiger partial charge in [-0.3, -0.25) is 4.79 Å². The second-order valence-corrected chi connectivity index (χ2v) is 10.8. The van der Waals surface area contributed by atoms with Crippen LogP contribution in [0.2, 0.25) is 5.02 Å². The Balaban J connectivity index is 1.43. The van der Waals surface area contributed by atoms with Gasteiger partial charge in [0, 0.05) is 26.1 Å². The summed E-state index contributed by atoms with van der Waals surface area (Å²) in [5.41, 5.74) is 3.32. The summed E-state index contributed by atoms with van der Waals surface area (Å²) in [7, 11) is -3.96. The first kappa shape index (κ1) is 24.9. The third kappa shape index (κ3) is 5.90. The molecule has 2 aliphatic heterocycles. The van der Waals surface area contributed by atoms with Gasteiger partial charge in [-0.25, -0.2) is 18.7 Å². The molecule has 2 aromatic rings. The van der Waals surface area contributed by atoms with E-state index in [1.807, 2.05) is 31.2 Å². The van der Waals surface area contributed by atoms with Crippen molar-refractivity contribution in [1.82, 2.24) is 9.79 Å². The summed E-state index contributed by atoms with van der Waals surface area (Å²) >= 11 is 6.26. The number of carbonyl (C=O) groups is 1. The predicted molar refractivity (Wildman–Crippen MR) is 127 cm³/mol. The molecule has 2 aromatic carbocycles. The maximum absolute atomic E-state index is 13.5. The van der Waals surface area contributed by atoms with Gasteiger partial charge in [0.2, 0.25) is 10.0 Å². The average molecular weight is 509 g/mol. The van der Waals surface area contributed by atoms with Gasteiger partial charge in [0.15, 0.2) is 6.29 Å². The number of nitrogens with zero attached hydrogens (tertiary/aromatic N) is 1. The molecule has 34 heavy (non-hydrogen) atoms. The van der Waals surface area contributed by atoms with E-state index in [1.54, 1.807) is 0 Å². The van der Waals surface area contributed by atoms with E-state index in [1.165, 1.54) is 22.5 Å². The number of aryl methyl sites for hydroxylation is 1. The Bertz CT molecular complexity index is 1090. The van der Waals surface area contributed by atoms with Crippen molar-refractivity contribution in [2.75, 3.05) is 19.7 Å². The lowest BCUT2D eigenvalue weighted by Gasteiger charge is -2.32. The Kier molecular flexibility index (Phi) is 8.10. The normalized spacial score (nSPS) is 20.1. The molecule has 1 atom stereocenters. The third-order valence-corrected chi connectivity index (χ3v) is 8.22. The first-order valence-electron chi connectivity index (χ1n) is 11.4. The fraction of sp³-hybridized carbons (Fsp3) is 0.458. The minimum atomic E-state index is -3.96. The Morgan fingerprint density at radius 2 is 1.82 bits per heavy atom. The standard InChI is InChI=1S/C24H29ClN2O6S/c1-17-8-10-18(11-9-17)32-19-12-14-27(15-13-19)34(29,30)21-6-4-5-20(25)23(21)24(28)26-33-22-7-2-3-16-31-22/h4-6,8-11,19,22H,2-3,7,12-16H2,1H3,(H,26,28). The number of nitrogens with one attached hydrogen (secondary N) is 1. The van der Waals surface area contributed by atoms with Crippen molar-refractivity contribution in [1.29, 1.82) is 0 Å². The molecule has 2 aliphatic rings. The Morgan fingerprint density at radius 3 is 2.50 bits per heavy atom. The monoisotopic (exact) mass is 508 g/mol. The largest absolute Gasteiger partial charge is 0.490 e. The van der Waals surface area contributed by atoms with Gasteiger partial charge < -0.3 is 9.47 Å². The molecular formula is C24H29ClN2O6S. The molecule has 2 fully saturated rings. The quantitative estimate of drug-likeness (QED) is 0.567. The highest BCUT2D eigenvalue weighted by molar-refractivity contribution is 7.89. The van der Waals surface area contributed by atoms with Crippen molar-refractivity contribution in [3.05, 3.63) is 58.6 Å². The van der Waals surface area contributed by atoms with E-state index in [0.29, 0.717) is 25.9 Å². The van der Waals surface area contributed by atoms with Gasteiger partial charge in [0.25, 0.3) is 5.91 Å². The minimum Gasteiger partial charge on any atom is -0.490 e. The smallest absolute Gasteiger partial charge is 0.277 e. The number of hydroxylamine groups is 1. The second kappa shape index (κ2) is 11.0. The molecule has 0 aliphatic carbocycles. The fourth-order valence-electron chi connectivity index (χ4n) is 4.05. The molecule has 0 saturated carbocycles. The Labute approximate surface area is 205 Å². The highest BCUT2D eigenvalue weighted by Crippen LogP contribution is 2.29. The van der Waals surface area contributed by atoms with Gasteiger partial charge >= 0.3 is 0 Å². The average Bonchev–Trinajstić information content (AvgIpc) is 2.85. The zero-order valence-corrected chi connectivity index (χ0v) is 20.6. The van der Waals surface area contributed by atoms with Crippen LogP contribution in [0.1, 0.15) is 48.0 Å². The van der Waals surface area contributed by atoms with Crippen molar-refractivity contribution in [2.24, 2.45) is 0 Å². The van der Waals surface area contributed by atoms with Gasteiger partial charge in [-0.2, -0.15) is 4.31 Å². The summed E-state index contributed by atoms with van der Waals surface area (Å²) < 4.78 is 39.7. The Morgan fingerprint density at radius 1 is 1.09 bits per heavy atom. The predicted octanol–water partition coefficient (Wildman–Crippen LogP) is 4.07. The van der Waals surface area contributed by atoms with Gasteiger partial charge in [0.1, 0.15) is 11.9 Å². The van der Waals surface area contributed by atoms with Crippen LogP contribution in [-0.4, -0.2) is 50.7 Å². The summed E-state index contributed by atoms with van der Waals surface area (Å²) in [6, 6.07) is 12.2. The van der Waals surface area contributed by atoms with Crippen LogP contribution in [0, 0.1) is 6.92 Å². The van der Waals surface area contributed by atoms with Gasteiger partial charge in [-0.05, 0) is 56.9 Å². The number of hydrogen-bond acceptors (Lipinski definition) is 6. The van der Waals surface area contributed by atoms with Gasteiger partial charge in [-0.15, -0.1) is 0 Å². The molecule has 1 amide bonds. The van der Waals surface area contributed by atoms with Crippen LogP contribution in [0.25, 0.3) is 0 Å². The molecule has 0 bridgehead atoms. The zero-order valence-electron chi connectivity index (χ0n) is 19.0. The molecule has 0 radical (unpaired) electrons. The lowest BCUT2D eigenvalue weighted by atomic mass is 10.1. The third-order valence-electron chi connectivity index (χ3n) is 5.97. The minimum absolute atomic E-state index is 0.0318. The number of amides is 1.